The van der Waals surface area contributed by atoms with E-state index in [1.165, 1.54) is 11.1 Å². The van der Waals surface area contributed by atoms with Crippen LogP contribution in [0.2, 0.25) is 10.0 Å². The maximum Gasteiger partial charge on any atom is 0.150 e. The van der Waals surface area contributed by atoms with E-state index in [1.807, 2.05) is 30.3 Å². The lowest BCUT2D eigenvalue weighted by Gasteiger charge is -2.19. The molecule has 0 bridgehead atoms. The van der Waals surface area contributed by atoms with Crippen LogP contribution in [-0.2, 0) is 6.42 Å². The maximum absolute atomic E-state index is 12.6. The molecule has 1 atom stereocenters. The predicted molar refractivity (Wildman–Crippen MR) is 159 cm³/mol. The van der Waals surface area contributed by atoms with Gasteiger partial charge in [0.15, 0.2) is 0 Å². The van der Waals surface area contributed by atoms with E-state index in [0.29, 0.717) is 22.3 Å². The molecule has 0 aromatic heterocycles. The van der Waals surface area contributed by atoms with Crippen LogP contribution >= 0.6 is 23.2 Å². The minimum Gasteiger partial charge on any atom is -0.489 e. The van der Waals surface area contributed by atoms with Crippen molar-refractivity contribution in [1.29, 1.82) is 0 Å². The summed E-state index contributed by atoms with van der Waals surface area (Å²) in [6, 6.07) is 20.1. The molecule has 5 nitrogen and oxygen atoms in total. The van der Waals surface area contributed by atoms with Gasteiger partial charge < -0.3 is 16.3 Å². The third kappa shape index (κ3) is 6.24. The Labute approximate surface area is 239 Å². The van der Waals surface area contributed by atoms with E-state index in [1.54, 1.807) is 6.07 Å². The van der Waals surface area contributed by atoms with Crippen molar-refractivity contribution in [2.45, 2.75) is 38.2 Å². The average molecular weight is 568 g/mol. The standard InChI is InChI=1S/C31H33Cl2FN4O/c32-23-8-12-27(29(33)18-23)28-4-1-3-21-17-22(31(35)37-36)7-11-26(21)30(28)20-5-9-24(10-6-20)39-25-13-16-38(19-25)15-2-14-34/h5-12,17-18,25H,1-4,13-16,19,36H2,(H2,35,37). The summed E-state index contributed by atoms with van der Waals surface area (Å²) in [5, 5.41) is 4.92. The van der Waals surface area contributed by atoms with Gasteiger partial charge in [-0.2, -0.15) is 5.10 Å². The van der Waals surface area contributed by atoms with Gasteiger partial charge in [-0.25, -0.2) is 0 Å². The topological polar surface area (TPSA) is 76.9 Å². The normalized spacial score (nSPS) is 18.2. The van der Waals surface area contributed by atoms with Gasteiger partial charge >= 0.3 is 0 Å². The summed E-state index contributed by atoms with van der Waals surface area (Å²) in [6.07, 6.45) is 4.34. The fraction of sp³-hybridized carbons (Fsp3) is 0.323. The van der Waals surface area contributed by atoms with Gasteiger partial charge in [0.25, 0.3) is 0 Å². The molecule has 1 aliphatic heterocycles. The highest BCUT2D eigenvalue weighted by Gasteiger charge is 2.25. The Hall–Kier alpha value is -3.06. The third-order valence-electron chi connectivity index (χ3n) is 7.52. The Kier molecular flexibility index (Phi) is 8.75. The summed E-state index contributed by atoms with van der Waals surface area (Å²) < 4.78 is 18.9. The van der Waals surface area contributed by atoms with Crippen molar-refractivity contribution in [3.05, 3.63) is 98.5 Å². The predicted octanol–water partition coefficient (Wildman–Crippen LogP) is 6.68. The molecule has 1 saturated heterocycles. The minimum atomic E-state index is -0.277. The fourth-order valence-corrected chi connectivity index (χ4v) is 6.15. The van der Waals surface area contributed by atoms with Gasteiger partial charge in [0.2, 0.25) is 0 Å². The van der Waals surface area contributed by atoms with E-state index in [2.05, 4.69) is 34.3 Å². The van der Waals surface area contributed by atoms with Crippen LogP contribution in [-0.4, -0.2) is 43.1 Å². The summed E-state index contributed by atoms with van der Waals surface area (Å²) in [5.41, 5.74) is 13.5. The number of hydrogen-bond acceptors (Lipinski definition) is 4. The lowest BCUT2D eigenvalue weighted by atomic mass is 9.87. The summed E-state index contributed by atoms with van der Waals surface area (Å²) in [4.78, 5) is 2.27. The SMILES string of the molecule is N/N=C(\N)c1ccc2c(c1)CCCC(c1ccc(Cl)cc1Cl)=C2c1ccc(OC2CCN(CCCF)C2)cc1. The number of nitrogens with zero attached hydrogens (tertiary/aromatic N) is 2. The van der Waals surface area contributed by atoms with Crippen LogP contribution in [0.15, 0.2) is 65.8 Å². The van der Waals surface area contributed by atoms with Crippen LogP contribution in [0.3, 0.4) is 0 Å². The molecular weight excluding hydrogens is 534 g/mol. The zero-order valence-corrected chi connectivity index (χ0v) is 23.3. The van der Waals surface area contributed by atoms with Gasteiger partial charge in [-0.3, -0.25) is 9.29 Å². The largest absolute Gasteiger partial charge is 0.489 e. The van der Waals surface area contributed by atoms with Crippen molar-refractivity contribution in [1.82, 2.24) is 4.90 Å². The molecule has 1 fully saturated rings. The molecule has 0 spiro atoms. The Morgan fingerprint density at radius 2 is 1.82 bits per heavy atom. The molecule has 4 N–H and O–H groups in total. The molecule has 1 heterocycles. The molecule has 5 rings (SSSR count). The molecule has 0 amide bonds. The van der Waals surface area contributed by atoms with Crippen LogP contribution in [0.25, 0.3) is 11.1 Å². The molecule has 1 unspecified atom stereocenters. The second-order valence-corrected chi connectivity index (χ2v) is 11.0. The van der Waals surface area contributed by atoms with Gasteiger partial charge in [-0.05, 0) is 95.8 Å². The Morgan fingerprint density at radius 3 is 2.56 bits per heavy atom. The summed E-state index contributed by atoms with van der Waals surface area (Å²) in [5.74, 6) is 6.60. The van der Waals surface area contributed by atoms with E-state index in [0.717, 1.165) is 78.9 Å². The van der Waals surface area contributed by atoms with Gasteiger partial charge in [-0.15, -0.1) is 0 Å². The number of benzene rings is 3. The number of nitrogens with two attached hydrogens (primary N) is 2. The van der Waals surface area contributed by atoms with Crippen molar-refractivity contribution in [3.63, 3.8) is 0 Å². The second-order valence-electron chi connectivity index (χ2n) is 10.1. The second kappa shape index (κ2) is 12.4. The van der Waals surface area contributed by atoms with Crippen LogP contribution in [0, 0.1) is 0 Å². The quantitative estimate of drug-likeness (QED) is 0.138. The number of hydrogen-bond donors (Lipinski definition) is 2. The molecule has 2 aliphatic rings. The molecule has 3 aromatic rings. The smallest absolute Gasteiger partial charge is 0.150 e. The number of aryl methyl sites for hydroxylation is 1. The Bertz CT molecular complexity index is 1390. The molecule has 3 aromatic carbocycles. The number of fused-ring (bicyclic) bond motifs is 1. The molecule has 39 heavy (non-hydrogen) atoms. The molecule has 1 aliphatic carbocycles. The third-order valence-corrected chi connectivity index (χ3v) is 8.07. The number of rotatable bonds is 8. The highest BCUT2D eigenvalue weighted by molar-refractivity contribution is 6.36. The fourth-order valence-electron chi connectivity index (χ4n) is 5.63. The van der Waals surface area contributed by atoms with E-state index in [4.69, 9.17) is 39.5 Å². The van der Waals surface area contributed by atoms with Crippen molar-refractivity contribution in [3.8, 4) is 5.75 Å². The summed E-state index contributed by atoms with van der Waals surface area (Å²) >= 11 is 13.0. The first-order valence-electron chi connectivity index (χ1n) is 13.4. The first-order valence-corrected chi connectivity index (χ1v) is 14.1. The zero-order valence-electron chi connectivity index (χ0n) is 21.8. The van der Waals surface area contributed by atoms with Gasteiger partial charge in [0, 0.05) is 35.2 Å². The number of likely N-dealkylation sites (tertiary alicyclic amines) is 1. The highest BCUT2D eigenvalue weighted by atomic mass is 35.5. The van der Waals surface area contributed by atoms with Gasteiger partial charge in [0.1, 0.15) is 17.7 Å². The van der Waals surface area contributed by atoms with Gasteiger partial charge in [-0.1, -0.05) is 53.5 Å². The van der Waals surface area contributed by atoms with Crippen molar-refractivity contribution < 1.29 is 9.13 Å². The highest BCUT2D eigenvalue weighted by Crippen LogP contribution is 2.42. The average Bonchev–Trinajstić information content (AvgIpc) is 3.30. The van der Waals surface area contributed by atoms with E-state index in [9.17, 15) is 4.39 Å². The van der Waals surface area contributed by atoms with Gasteiger partial charge in [0.05, 0.1) is 6.67 Å². The lowest BCUT2D eigenvalue weighted by molar-refractivity contribution is 0.198. The van der Waals surface area contributed by atoms with E-state index in [-0.39, 0.29) is 12.8 Å². The number of halogens is 3. The van der Waals surface area contributed by atoms with Crippen molar-refractivity contribution >= 4 is 40.2 Å². The Morgan fingerprint density at radius 1 is 1.03 bits per heavy atom. The van der Waals surface area contributed by atoms with Crippen LogP contribution < -0.4 is 16.3 Å². The van der Waals surface area contributed by atoms with Crippen LogP contribution in [0.1, 0.15) is 53.5 Å². The van der Waals surface area contributed by atoms with Crippen LogP contribution in [0.5, 0.6) is 5.75 Å². The summed E-state index contributed by atoms with van der Waals surface area (Å²) in [6.45, 7) is 2.28. The summed E-state index contributed by atoms with van der Waals surface area (Å²) in [7, 11) is 0. The minimum absolute atomic E-state index is 0.116. The monoisotopic (exact) mass is 566 g/mol. The zero-order chi connectivity index (χ0) is 27.4. The number of hydrazone groups is 1. The van der Waals surface area contributed by atoms with E-state index >= 15 is 0 Å². The first kappa shape index (κ1) is 27.5. The molecule has 0 radical (unpaired) electrons. The number of amidine groups is 1. The molecular formula is C31H33Cl2FN4O. The number of alkyl halides is 1. The Balaban J connectivity index is 1.52. The molecule has 0 saturated carbocycles. The van der Waals surface area contributed by atoms with E-state index < -0.39 is 0 Å². The van der Waals surface area contributed by atoms with Crippen molar-refractivity contribution in [2.24, 2.45) is 16.7 Å². The number of ether oxygens (including phenoxy) is 1. The lowest BCUT2D eigenvalue weighted by Crippen LogP contribution is -2.26. The van der Waals surface area contributed by atoms with Crippen molar-refractivity contribution in [2.75, 3.05) is 26.3 Å². The maximum atomic E-state index is 12.6. The number of allylic oxidation sites excluding steroid dienone is 1. The molecule has 8 heteroatoms. The molecule has 204 valence electrons. The first-order chi connectivity index (χ1) is 19.0. The van der Waals surface area contributed by atoms with Crippen LogP contribution in [0.4, 0.5) is 4.39 Å².